The van der Waals surface area contributed by atoms with Crippen LogP contribution >= 0.6 is 15.9 Å². The maximum absolute atomic E-state index is 12.5. The lowest BCUT2D eigenvalue weighted by Gasteiger charge is -2.19. The number of ether oxygens (including phenoxy) is 3. The van der Waals surface area contributed by atoms with Crippen LogP contribution in [0.15, 0.2) is 34.8 Å². The van der Waals surface area contributed by atoms with Gasteiger partial charge in [-0.2, -0.15) is 0 Å². The van der Waals surface area contributed by atoms with Gasteiger partial charge in [0.15, 0.2) is 11.5 Å². The van der Waals surface area contributed by atoms with Crippen molar-refractivity contribution in [3.05, 3.63) is 45.9 Å². The minimum Gasteiger partial charge on any atom is -0.493 e. The molecule has 0 aliphatic carbocycles. The first-order valence-corrected chi connectivity index (χ1v) is 10.2. The highest BCUT2D eigenvalue weighted by Gasteiger charge is 2.18. The van der Waals surface area contributed by atoms with E-state index in [1.807, 2.05) is 31.2 Å². The van der Waals surface area contributed by atoms with Gasteiger partial charge in [0.05, 0.1) is 27.9 Å². The van der Waals surface area contributed by atoms with E-state index >= 15 is 0 Å². The summed E-state index contributed by atoms with van der Waals surface area (Å²) in [5.74, 6) is 1.19. The van der Waals surface area contributed by atoms with Crippen LogP contribution in [0, 0.1) is 6.92 Å². The molecule has 7 nitrogen and oxygen atoms in total. The molecule has 0 radical (unpaired) electrons. The number of carbonyl (C=O) groups is 2. The van der Waals surface area contributed by atoms with Crippen LogP contribution in [0.1, 0.15) is 17.5 Å². The summed E-state index contributed by atoms with van der Waals surface area (Å²) in [7, 11) is 6.25. The fourth-order valence-electron chi connectivity index (χ4n) is 3.05. The first-order valence-electron chi connectivity index (χ1n) is 9.38. The second-order valence-corrected chi connectivity index (χ2v) is 7.67. The lowest BCUT2D eigenvalue weighted by molar-refractivity contribution is -0.133. The van der Waals surface area contributed by atoms with E-state index in [9.17, 15) is 9.59 Å². The molecule has 0 fully saturated rings. The van der Waals surface area contributed by atoms with Crippen LogP contribution in [-0.4, -0.2) is 51.6 Å². The lowest BCUT2D eigenvalue weighted by atomic mass is 10.1. The summed E-state index contributed by atoms with van der Waals surface area (Å²) in [6.07, 6.45) is 0.674. The largest absolute Gasteiger partial charge is 0.493 e. The van der Waals surface area contributed by atoms with E-state index in [0.29, 0.717) is 23.7 Å². The number of likely N-dealkylation sites (N-methyl/N-ethyl adjacent to an activating group) is 1. The second kappa shape index (κ2) is 10.9. The van der Waals surface area contributed by atoms with Crippen LogP contribution in [-0.2, 0) is 16.0 Å². The van der Waals surface area contributed by atoms with E-state index in [4.69, 9.17) is 14.2 Å². The maximum atomic E-state index is 12.5. The monoisotopic (exact) mass is 478 g/mol. The maximum Gasteiger partial charge on any atom is 0.243 e. The molecule has 8 heteroatoms. The first kappa shape index (κ1) is 23.5. The van der Waals surface area contributed by atoms with E-state index in [2.05, 4.69) is 21.2 Å². The summed E-state index contributed by atoms with van der Waals surface area (Å²) >= 11 is 3.40. The van der Waals surface area contributed by atoms with Gasteiger partial charge in [0.1, 0.15) is 0 Å². The van der Waals surface area contributed by atoms with E-state index in [0.717, 1.165) is 21.3 Å². The van der Waals surface area contributed by atoms with Crippen molar-refractivity contribution in [3.63, 3.8) is 0 Å². The normalized spacial score (nSPS) is 10.3. The molecule has 1 N–H and O–H groups in total. The minimum atomic E-state index is -0.250. The number of hydrogen-bond acceptors (Lipinski definition) is 5. The average Bonchev–Trinajstić information content (AvgIpc) is 2.72. The van der Waals surface area contributed by atoms with Crippen molar-refractivity contribution < 1.29 is 23.8 Å². The molecule has 2 aromatic carbocycles. The van der Waals surface area contributed by atoms with Crippen molar-refractivity contribution in [2.24, 2.45) is 0 Å². The zero-order valence-electron chi connectivity index (χ0n) is 17.9. The van der Waals surface area contributed by atoms with Gasteiger partial charge in [-0.1, -0.05) is 22.0 Å². The highest BCUT2D eigenvalue weighted by Crippen LogP contribution is 2.40. The van der Waals surface area contributed by atoms with Crippen molar-refractivity contribution in [1.82, 2.24) is 4.90 Å². The number of aryl methyl sites for hydroxylation is 2. The summed E-state index contributed by atoms with van der Waals surface area (Å²) in [5.41, 5.74) is 2.48. The average molecular weight is 479 g/mol. The highest BCUT2D eigenvalue weighted by atomic mass is 79.9. The Hall–Kier alpha value is -2.74. The van der Waals surface area contributed by atoms with Crippen molar-refractivity contribution in [2.45, 2.75) is 19.8 Å². The topological polar surface area (TPSA) is 77.1 Å². The van der Waals surface area contributed by atoms with Crippen LogP contribution in [0.25, 0.3) is 0 Å². The summed E-state index contributed by atoms with van der Waals surface area (Å²) < 4.78 is 17.1. The number of amides is 2. The van der Waals surface area contributed by atoms with Crippen LogP contribution in [0.3, 0.4) is 0 Å². The SMILES string of the molecule is COc1ccc(CCC(=O)N(C)CC(=O)Nc2ccc(Br)cc2C)c(OC)c1OC. The quantitative estimate of drug-likeness (QED) is 0.592. The molecule has 0 spiro atoms. The van der Waals surface area contributed by atoms with Gasteiger partial charge in [-0.25, -0.2) is 0 Å². The molecule has 2 rings (SSSR count). The van der Waals surface area contributed by atoms with Crippen molar-refractivity contribution in [3.8, 4) is 17.2 Å². The fraction of sp³-hybridized carbons (Fsp3) is 0.364. The molecule has 0 saturated heterocycles. The molecule has 0 atom stereocenters. The molecule has 30 heavy (non-hydrogen) atoms. The van der Waals surface area contributed by atoms with E-state index in [1.54, 1.807) is 27.3 Å². The zero-order chi connectivity index (χ0) is 22.3. The predicted molar refractivity (Wildman–Crippen MR) is 120 cm³/mol. The Morgan fingerprint density at radius 3 is 2.33 bits per heavy atom. The molecule has 162 valence electrons. The first-order chi connectivity index (χ1) is 14.3. The van der Waals surface area contributed by atoms with Gasteiger partial charge >= 0.3 is 0 Å². The molecule has 0 aromatic heterocycles. The Balaban J connectivity index is 1.97. The van der Waals surface area contributed by atoms with Gasteiger partial charge in [0.25, 0.3) is 0 Å². The number of halogens is 1. The lowest BCUT2D eigenvalue weighted by Crippen LogP contribution is -2.35. The Bertz CT molecular complexity index is 917. The highest BCUT2D eigenvalue weighted by molar-refractivity contribution is 9.10. The number of carbonyl (C=O) groups excluding carboxylic acids is 2. The number of nitrogens with zero attached hydrogens (tertiary/aromatic N) is 1. The third-order valence-electron chi connectivity index (χ3n) is 4.66. The van der Waals surface area contributed by atoms with Crippen molar-refractivity contribution >= 4 is 33.4 Å². The molecule has 0 saturated carbocycles. The molecular weight excluding hydrogens is 452 g/mol. The molecule has 2 amide bonds. The Kier molecular flexibility index (Phi) is 8.53. The van der Waals surface area contributed by atoms with Gasteiger partial charge in [0.2, 0.25) is 17.6 Å². The fourth-order valence-corrected chi connectivity index (χ4v) is 3.53. The van der Waals surface area contributed by atoms with E-state index in [-0.39, 0.29) is 24.8 Å². The number of benzene rings is 2. The number of nitrogens with one attached hydrogen (secondary N) is 1. The molecule has 0 unspecified atom stereocenters. The van der Waals surface area contributed by atoms with Gasteiger partial charge in [-0.15, -0.1) is 0 Å². The molecule has 0 heterocycles. The third-order valence-corrected chi connectivity index (χ3v) is 5.16. The molecule has 0 aliphatic heterocycles. The molecule has 0 bridgehead atoms. The van der Waals surface area contributed by atoms with E-state index in [1.165, 1.54) is 12.0 Å². The Labute approximate surface area is 185 Å². The molecule has 0 aliphatic rings. The smallest absolute Gasteiger partial charge is 0.243 e. The minimum absolute atomic E-state index is 0.0304. The number of anilines is 1. The van der Waals surface area contributed by atoms with Gasteiger partial charge in [-0.05, 0) is 48.7 Å². The standard InChI is InChI=1S/C22H27BrN2O5/c1-14-12-16(23)8-9-17(14)24-19(26)13-25(2)20(27)11-7-15-6-10-18(28-3)22(30-5)21(15)29-4/h6,8-10,12H,7,11,13H2,1-5H3,(H,24,26). The summed E-state index contributed by atoms with van der Waals surface area (Å²) in [6.45, 7) is 1.88. The van der Waals surface area contributed by atoms with Gasteiger partial charge in [-0.3, -0.25) is 9.59 Å². The van der Waals surface area contributed by atoms with Crippen molar-refractivity contribution in [2.75, 3.05) is 40.2 Å². The molecule has 2 aromatic rings. The number of hydrogen-bond donors (Lipinski definition) is 1. The third kappa shape index (κ3) is 5.89. The summed E-state index contributed by atoms with van der Waals surface area (Å²) in [4.78, 5) is 26.3. The number of methoxy groups -OCH3 is 3. The van der Waals surface area contributed by atoms with E-state index < -0.39 is 0 Å². The zero-order valence-corrected chi connectivity index (χ0v) is 19.5. The Morgan fingerprint density at radius 1 is 1.03 bits per heavy atom. The number of rotatable bonds is 9. The van der Waals surface area contributed by atoms with Gasteiger partial charge < -0.3 is 24.4 Å². The summed E-state index contributed by atoms with van der Waals surface area (Å²) in [5, 5.41) is 2.84. The van der Waals surface area contributed by atoms with Crippen LogP contribution in [0.4, 0.5) is 5.69 Å². The summed E-state index contributed by atoms with van der Waals surface area (Å²) in [6, 6.07) is 9.22. The Morgan fingerprint density at radius 2 is 1.73 bits per heavy atom. The van der Waals surface area contributed by atoms with Crippen LogP contribution in [0.5, 0.6) is 17.2 Å². The van der Waals surface area contributed by atoms with Crippen LogP contribution in [0.2, 0.25) is 0 Å². The van der Waals surface area contributed by atoms with Crippen LogP contribution < -0.4 is 19.5 Å². The second-order valence-electron chi connectivity index (χ2n) is 6.75. The van der Waals surface area contributed by atoms with Gasteiger partial charge in [0, 0.05) is 23.6 Å². The molecular formula is C22H27BrN2O5. The predicted octanol–water partition coefficient (Wildman–Crippen LogP) is 3.81. The van der Waals surface area contributed by atoms with Crippen molar-refractivity contribution in [1.29, 1.82) is 0 Å².